The Labute approximate surface area is 137 Å². The Kier molecular flexibility index (Phi) is 7.25. The molecule has 124 valence electrons. The standard InChI is InChI=1S/C16H24ClNO4/c1-19-8-4-18(5-9-20-2)12-13-10-14(17)16-15(11-13)21-6-3-7-22-16/h10-11H,3-9,12H2,1-2H3. The predicted molar refractivity (Wildman–Crippen MR) is 86.1 cm³/mol. The summed E-state index contributed by atoms with van der Waals surface area (Å²) in [5.41, 5.74) is 1.10. The molecule has 0 bridgehead atoms. The van der Waals surface area contributed by atoms with E-state index in [1.807, 2.05) is 12.1 Å². The third-order valence-electron chi connectivity index (χ3n) is 3.49. The minimum atomic E-state index is 0.604. The van der Waals surface area contributed by atoms with Crippen molar-refractivity contribution in [3.63, 3.8) is 0 Å². The van der Waals surface area contributed by atoms with Crippen LogP contribution in [0.25, 0.3) is 0 Å². The van der Waals surface area contributed by atoms with Gasteiger partial charge in [0.05, 0.1) is 31.5 Å². The smallest absolute Gasteiger partial charge is 0.179 e. The number of hydrogen-bond donors (Lipinski definition) is 0. The molecular weight excluding hydrogens is 306 g/mol. The van der Waals surface area contributed by atoms with E-state index in [2.05, 4.69) is 4.90 Å². The zero-order valence-corrected chi connectivity index (χ0v) is 14.0. The lowest BCUT2D eigenvalue weighted by Crippen LogP contribution is -2.30. The summed E-state index contributed by atoms with van der Waals surface area (Å²) in [4.78, 5) is 2.27. The van der Waals surface area contributed by atoms with Crippen LogP contribution in [0.5, 0.6) is 11.5 Å². The minimum Gasteiger partial charge on any atom is -0.489 e. The average Bonchev–Trinajstić information content (AvgIpc) is 2.75. The molecule has 0 spiro atoms. The zero-order chi connectivity index (χ0) is 15.8. The second kappa shape index (κ2) is 9.20. The molecule has 1 aliphatic rings. The van der Waals surface area contributed by atoms with Crippen LogP contribution in [0, 0.1) is 0 Å². The van der Waals surface area contributed by atoms with Crippen LogP contribution in [0.3, 0.4) is 0 Å². The molecule has 1 aromatic rings. The highest BCUT2D eigenvalue weighted by Crippen LogP contribution is 2.38. The van der Waals surface area contributed by atoms with Gasteiger partial charge in [-0.15, -0.1) is 0 Å². The van der Waals surface area contributed by atoms with Crippen molar-refractivity contribution in [2.45, 2.75) is 13.0 Å². The predicted octanol–water partition coefficient (Wildman–Crippen LogP) is 2.60. The van der Waals surface area contributed by atoms with Gasteiger partial charge in [0, 0.05) is 40.3 Å². The van der Waals surface area contributed by atoms with Crippen molar-refractivity contribution in [1.82, 2.24) is 4.90 Å². The summed E-state index contributed by atoms with van der Waals surface area (Å²) in [6.45, 7) is 5.11. The number of nitrogens with zero attached hydrogens (tertiary/aromatic N) is 1. The van der Waals surface area contributed by atoms with Gasteiger partial charge in [0.15, 0.2) is 11.5 Å². The molecule has 0 unspecified atom stereocenters. The number of hydrogen-bond acceptors (Lipinski definition) is 5. The summed E-state index contributed by atoms with van der Waals surface area (Å²) in [5, 5.41) is 0.604. The summed E-state index contributed by atoms with van der Waals surface area (Å²) in [6.07, 6.45) is 0.869. The van der Waals surface area contributed by atoms with E-state index in [0.29, 0.717) is 37.2 Å². The summed E-state index contributed by atoms with van der Waals surface area (Å²) >= 11 is 6.34. The van der Waals surface area contributed by atoms with Gasteiger partial charge in [0.1, 0.15) is 0 Å². The molecule has 0 saturated heterocycles. The van der Waals surface area contributed by atoms with E-state index in [-0.39, 0.29) is 0 Å². The number of halogens is 1. The summed E-state index contributed by atoms with van der Waals surface area (Å²) < 4.78 is 21.7. The Morgan fingerprint density at radius 2 is 1.77 bits per heavy atom. The summed E-state index contributed by atoms with van der Waals surface area (Å²) in [6, 6.07) is 3.96. The first-order chi connectivity index (χ1) is 10.7. The van der Waals surface area contributed by atoms with E-state index in [0.717, 1.165) is 37.4 Å². The van der Waals surface area contributed by atoms with Gasteiger partial charge in [0.2, 0.25) is 0 Å². The fraction of sp³-hybridized carbons (Fsp3) is 0.625. The van der Waals surface area contributed by atoms with Gasteiger partial charge in [-0.1, -0.05) is 11.6 Å². The van der Waals surface area contributed by atoms with Gasteiger partial charge in [-0.2, -0.15) is 0 Å². The highest BCUT2D eigenvalue weighted by molar-refractivity contribution is 6.32. The molecule has 0 aliphatic carbocycles. The molecule has 0 amide bonds. The van der Waals surface area contributed by atoms with Gasteiger partial charge in [-0.25, -0.2) is 0 Å². The topological polar surface area (TPSA) is 40.2 Å². The molecule has 1 aromatic carbocycles. The van der Waals surface area contributed by atoms with Crippen LogP contribution in [0.15, 0.2) is 12.1 Å². The lowest BCUT2D eigenvalue weighted by molar-refractivity contribution is 0.110. The second-order valence-electron chi connectivity index (χ2n) is 5.22. The van der Waals surface area contributed by atoms with Crippen molar-refractivity contribution in [3.8, 4) is 11.5 Å². The van der Waals surface area contributed by atoms with Crippen molar-refractivity contribution < 1.29 is 18.9 Å². The SMILES string of the molecule is COCCN(CCOC)Cc1cc(Cl)c2c(c1)OCCCO2. The quantitative estimate of drug-likeness (QED) is 0.733. The first kappa shape index (κ1) is 17.3. The Balaban J connectivity index is 2.09. The van der Waals surface area contributed by atoms with Crippen LogP contribution < -0.4 is 9.47 Å². The van der Waals surface area contributed by atoms with Gasteiger partial charge in [0.25, 0.3) is 0 Å². The third kappa shape index (κ3) is 5.02. The minimum absolute atomic E-state index is 0.604. The van der Waals surface area contributed by atoms with E-state index in [9.17, 15) is 0 Å². The maximum absolute atomic E-state index is 6.34. The molecule has 1 aliphatic heterocycles. The lowest BCUT2D eigenvalue weighted by atomic mass is 10.2. The van der Waals surface area contributed by atoms with Crippen LogP contribution in [0.2, 0.25) is 5.02 Å². The molecule has 6 heteroatoms. The van der Waals surface area contributed by atoms with Gasteiger partial charge in [-0.05, 0) is 17.7 Å². The van der Waals surface area contributed by atoms with Crippen LogP contribution >= 0.6 is 11.6 Å². The Hall–Kier alpha value is -1.01. The Morgan fingerprint density at radius 3 is 2.45 bits per heavy atom. The lowest BCUT2D eigenvalue weighted by Gasteiger charge is -2.22. The fourth-order valence-corrected chi connectivity index (χ4v) is 2.63. The molecule has 5 nitrogen and oxygen atoms in total. The van der Waals surface area contributed by atoms with Crippen molar-refractivity contribution in [1.29, 1.82) is 0 Å². The number of ether oxygens (including phenoxy) is 4. The first-order valence-corrected chi connectivity index (χ1v) is 7.90. The highest BCUT2D eigenvalue weighted by Gasteiger charge is 2.16. The molecular formula is C16H24ClNO4. The number of fused-ring (bicyclic) bond motifs is 1. The Bertz CT molecular complexity index is 462. The van der Waals surface area contributed by atoms with E-state index in [4.69, 9.17) is 30.5 Å². The average molecular weight is 330 g/mol. The largest absolute Gasteiger partial charge is 0.489 e. The van der Waals surface area contributed by atoms with Gasteiger partial charge >= 0.3 is 0 Å². The molecule has 1 heterocycles. The highest BCUT2D eigenvalue weighted by atomic mass is 35.5. The van der Waals surface area contributed by atoms with Crippen molar-refractivity contribution >= 4 is 11.6 Å². The van der Waals surface area contributed by atoms with E-state index in [1.54, 1.807) is 14.2 Å². The zero-order valence-electron chi connectivity index (χ0n) is 13.3. The van der Waals surface area contributed by atoms with Crippen molar-refractivity contribution in [3.05, 3.63) is 22.7 Å². The number of rotatable bonds is 8. The summed E-state index contributed by atoms with van der Waals surface area (Å²) in [5.74, 6) is 1.39. The van der Waals surface area contributed by atoms with E-state index >= 15 is 0 Å². The second-order valence-corrected chi connectivity index (χ2v) is 5.62. The van der Waals surface area contributed by atoms with E-state index in [1.165, 1.54) is 0 Å². The fourth-order valence-electron chi connectivity index (χ4n) is 2.34. The summed E-state index contributed by atoms with van der Waals surface area (Å²) in [7, 11) is 3.41. The van der Waals surface area contributed by atoms with Crippen molar-refractivity contribution in [2.75, 3.05) is 53.7 Å². The maximum atomic E-state index is 6.34. The van der Waals surface area contributed by atoms with Crippen LogP contribution in [0.1, 0.15) is 12.0 Å². The Morgan fingerprint density at radius 1 is 1.09 bits per heavy atom. The number of benzene rings is 1. The first-order valence-electron chi connectivity index (χ1n) is 7.53. The molecule has 0 atom stereocenters. The maximum Gasteiger partial charge on any atom is 0.179 e. The number of methoxy groups -OCH3 is 2. The van der Waals surface area contributed by atoms with Crippen LogP contribution in [-0.2, 0) is 16.0 Å². The monoisotopic (exact) mass is 329 g/mol. The molecule has 22 heavy (non-hydrogen) atoms. The molecule has 0 radical (unpaired) electrons. The van der Waals surface area contributed by atoms with Crippen LogP contribution in [0.4, 0.5) is 0 Å². The third-order valence-corrected chi connectivity index (χ3v) is 3.77. The molecule has 0 aromatic heterocycles. The van der Waals surface area contributed by atoms with Crippen LogP contribution in [-0.4, -0.2) is 58.6 Å². The molecule has 2 rings (SSSR count). The molecule has 0 N–H and O–H groups in total. The van der Waals surface area contributed by atoms with E-state index < -0.39 is 0 Å². The molecule has 0 saturated carbocycles. The normalized spacial score (nSPS) is 14.2. The molecule has 0 fully saturated rings. The van der Waals surface area contributed by atoms with Gasteiger partial charge in [-0.3, -0.25) is 4.90 Å². The van der Waals surface area contributed by atoms with Gasteiger partial charge < -0.3 is 18.9 Å². The van der Waals surface area contributed by atoms with Crippen molar-refractivity contribution in [2.24, 2.45) is 0 Å².